The second-order valence-electron chi connectivity index (χ2n) is 6.29. The maximum atomic E-state index is 12.8. The van der Waals surface area contributed by atoms with E-state index in [9.17, 15) is 4.79 Å². The normalized spacial score (nSPS) is 20.6. The predicted octanol–water partition coefficient (Wildman–Crippen LogP) is 2.08. The zero-order valence-electron chi connectivity index (χ0n) is 13.5. The number of imidazole rings is 1. The summed E-state index contributed by atoms with van der Waals surface area (Å²) in [4.78, 5) is 19.2. The molecular formula is C16H26N4O2. The lowest BCUT2D eigenvalue weighted by Gasteiger charge is -2.34. The highest BCUT2D eigenvalue weighted by Gasteiger charge is 2.37. The molecule has 2 aliphatic rings. The lowest BCUT2D eigenvalue weighted by molar-refractivity contribution is 0.0466. The van der Waals surface area contributed by atoms with Gasteiger partial charge in [0.25, 0.3) is 0 Å². The average molecular weight is 306 g/mol. The summed E-state index contributed by atoms with van der Waals surface area (Å²) >= 11 is 0. The van der Waals surface area contributed by atoms with Crippen LogP contribution in [0.3, 0.4) is 0 Å². The third-order valence-corrected chi connectivity index (χ3v) is 4.74. The molecule has 2 heterocycles. The Morgan fingerprint density at radius 1 is 1.45 bits per heavy atom. The van der Waals surface area contributed by atoms with E-state index in [1.807, 2.05) is 29.6 Å². The minimum atomic E-state index is 0.0291. The molecule has 1 aliphatic heterocycles. The summed E-state index contributed by atoms with van der Waals surface area (Å²) in [5, 5.41) is 3.23. The van der Waals surface area contributed by atoms with Crippen molar-refractivity contribution in [3.05, 3.63) is 18.2 Å². The van der Waals surface area contributed by atoms with Gasteiger partial charge >= 0.3 is 6.03 Å². The zero-order chi connectivity index (χ0) is 15.5. The maximum Gasteiger partial charge on any atom is 0.318 e. The molecule has 0 bridgehead atoms. The average Bonchev–Trinajstić information content (AvgIpc) is 3.29. The minimum Gasteiger partial charge on any atom is -0.381 e. The summed E-state index contributed by atoms with van der Waals surface area (Å²) in [6, 6.07) is 0.357. The molecule has 1 atom stereocenters. The van der Waals surface area contributed by atoms with Gasteiger partial charge in [-0.1, -0.05) is 0 Å². The van der Waals surface area contributed by atoms with Crippen molar-refractivity contribution in [2.24, 2.45) is 13.0 Å². The molecular weight excluding hydrogens is 280 g/mol. The van der Waals surface area contributed by atoms with Crippen molar-refractivity contribution >= 4 is 6.03 Å². The van der Waals surface area contributed by atoms with Gasteiger partial charge in [-0.05, 0) is 38.5 Å². The molecule has 0 spiro atoms. The molecule has 122 valence electrons. The highest BCUT2D eigenvalue weighted by molar-refractivity contribution is 5.75. The lowest BCUT2D eigenvalue weighted by Crippen LogP contribution is -2.49. The van der Waals surface area contributed by atoms with Crippen LogP contribution in [0.1, 0.15) is 44.5 Å². The number of nitrogens with one attached hydrogen (secondary N) is 1. The van der Waals surface area contributed by atoms with Crippen LogP contribution in [0.2, 0.25) is 0 Å². The van der Waals surface area contributed by atoms with E-state index in [4.69, 9.17) is 4.74 Å². The molecule has 6 heteroatoms. The molecule has 1 aromatic rings. The largest absolute Gasteiger partial charge is 0.381 e. The highest BCUT2D eigenvalue weighted by atomic mass is 16.5. The lowest BCUT2D eigenvalue weighted by atomic mass is 10.1. The van der Waals surface area contributed by atoms with E-state index in [2.05, 4.69) is 10.3 Å². The number of rotatable bonds is 5. The number of hydrogen-bond donors (Lipinski definition) is 1. The van der Waals surface area contributed by atoms with E-state index >= 15 is 0 Å². The molecule has 0 unspecified atom stereocenters. The summed E-state index contributed by atoms with van der Waals surface area (Å²) in [6.45, 7) is 4.27. The Labute approximate surface area is 131 Å². The topological polar surface area (TPSA) is 59.4 Å². The molecule has 1 N–H and O–H groups in total. The number of aromatic nitrogens is 2. The summed E-state index contributed by atoms with van der Waals surface area (Å²) in [6.07, 6.45) is 7.93. The number of nitrogens with zero attached hydrogens (tertiary/aromatic N) is 3. The number of hydrogen-bond acceptors (Lipinski definition) is 3. The van der Waals surface area contributed by atoms with E-state index in [0.29, 0.717) is 12.0 Å². The second-order valence-corrected chi connectivity index (χ2v) is 6.29. The Balaban J connectivity index is 1.68. The molecule has 2 fully saturated rings. The van der Waals surface area contributed by atoms with Gasteiger partial charge < -0.3 is 19.5 Å². The molecule has 2 amide bonds. The van der Waals surface area contributed by atoms with Crippen molar-refractivity contribution in [2.75, 3.05) is 19.8 Å². The Bertz CT molecular complexity index is 506. The van der Waals surface area contributed by atoms with Crippen LogP contribution >= 0.6 is 0 Å². The summed E-state index contributed by atoms with van der Waals surface area (Å²) in [5.41, 5.74) is 0. The first-order valence-electron chi connectivity index (χ1n) is 8.32. The van der Waals surface area contributed by atoms with Crippen molar-refractivity contribution in [3.63, 3.8) is 0 Å². The standard InChI is InChI=1S/C16H26N4O2/c1-3-20(13-6-10-22-11-7-13)16(21)18-14(12-4-5-12)15-17-8-9-19(15)2/h8-9,12-14H,3-7,10-11H2,1-2H3,(H,18,21)/t14-/m0/s1. The zero-order valence-corrected chi connectivity index (χ0v) is 13.5. The van der Waals surface area contributed by atoms with Gasteiger partial charge in [0.2, 0.25) is 0 Å². The number of carbonyl (C=O) groups is 1. The van der Waals surface area contributed by atoms with Gasteiger partial charge in [0.1, 0.15) is 5.82 Å². The van der Waals surface area contributed by atoms with Crippen LogP contribution in [0, 0.1) is 5.92 Å². The quantitative estimate of drug-likeness (QED) is 0.906. The Hall–Kier alpha value is -1.56. The molecule has 1 aromatic heterocycles. The summed E-state index contributed by atoms with van der Waals surface area (Å²) in [7, 11) is 1.99. The third kappa shape index (κ3) is 3.27. The van der Waals surface area contributed by atoms with Crippen molar-refractivity contribution in [2.45, 2.75) is 44.7 Å². The van der Waals surface area contributed by atoms with Crippen molar-refractivity contribution in [1.29, 1.82) is 0 Å². The van der Waals surface area contributed by atoms with Crippen LogP contribution in [-0.2, 0) is 11.8 Å². The summed E-state index contributed by atoms with van der Waals surface area (Å²) < 4.78 is 7.41. The Kier molecular flexibility index (Phi) is 4.66. The monoisotopic (exact) mass is 306 g/mol. The molecule has 1 saturated heterocycles. The van der Waals surface area contributed by atoms with Gasteiger partial charge in [0, 0.05) is 45.2 Å². The van der Waals surface area contributed by atoms with Crippen LogP contribution in [0.15, 0.2) is 12.4 Å². The van der Waals surface area contributed by atoms with Gasteiger partial charge in [-0.2, -0.15) is 0 Å². The molecule has 22 heavy (non-hydrogen) atoms. The SMILES string of the molecule is CCN(C(=O)N[C@H](c1nccn1C)C1CC1)C1CCOCC1. The van der Waals surface area contributed by atoms with Gasteiger partial charge in [-0.25, -0.2) is 9.78 Å². The number of aryl methyl sites for hydroxylation is 1. The fourth-order valence-corrected chi connectivity index (χ4v) is 3.28. The number of carbonyl (C=O) groups excluding carboxylic acids is 1. The van der Waals surface area contributed by atoms with E-state index in [-0.39, 0.29) is 12.1 Å². The maximum absolute atomic E-state index is 12.8. The molecule has 1 saturated carbocycles. The number of ether oxygens (including phenoxy) is 1. The van der Waals surface area contributed by atoms with E-state index in [0.717, 1.165) is 38.4 Å². The molecule has 6 nitrogen and oxygen atoms in total. The molecule has 0 aromatic carbocycles. The number of urea groups is 1. The van der Waals surface area contributed by atoms with Gasteiger partial charge in [-0.15, -0.1) is 0 Å². The number of amides is 2. The van der Waals surface area contributed by atoms with Crippen molar-refractivity contribution in [1.82, 2.24) is 19.8 Å². The van der Waals surface area contributed by atoms with E-state index in [1.54, 1.807) is 6.20 Å². The Morgan fingerprint density at radius 2 is 2.18 bits per heavy atom. The highest BCUT2D eigenvalue weighted by Crippen LogP contribution is 2.40. The van der Waals surface area contributed by atoms with Crippen molar-refractivity contribution < 1.29 is 9.53 Å². The Morgan fingerprint density at radius 3 is 2.73 bits per heavy atom. The fraction of sp³-hybridized carbons (Fsp3) is 0.750. The first-order valence-corrected chi connectivity index (χ1v) is 8.32. The molecule has 3 rings (SSSR count). The first-order chi connectivity index (χ1) is 10.7. The first kappa shape index (κ1) is 15.3. The second kappa shape index (κ2) is 6.69. The van der Waals surface area contributed by atoms with Crippen LogP contribution < -0.4 is 5.32 Å². The predicted molar refractivity (Wildman–Crippen MR) is 83.4 cm³/mol. The van der Waals surface area contributed by atoms with E-state index < -0.39 is 0 Å². The van der Waals surface area contributed by atoms with Crippen LogP contribution in [0.25, 0.3) is 0 Å². The van der Waals surface area contributed by atoms with Crippen LogP contribution in [0.5, 0.6) is 0 Å². The molecule has 0 radical (unpaired) electrons. The summed E-state index contributed by atoms with van der Waals surface area (Å²) in [5.74, 6) is 1.48. The van der Waals surface area contributed by atoms with Gasteiger partial charge in [-0.3, -0.25) is 0 Å². The van der Waals surface area contributed by atoms with Gasteiger partial charge in [0.15, 0.2) is 0 Å². The van der Waals surface area contributed by atoms with Crippen molar-refractivity contribution in [3.8, 4) is 0 Å². The van der Waals surface area contributed by atoms with Crippen LogP contribution in [-0.4, -0.2) is 46.3 Å². The van der Waals surface area contributed by atoms with E-state index in [1.165, 1.54) is 12.8 Å². The van der Waals surface area contributed by atoms with Gasteiger partial charge in [0.05, 0.1) is 6.04 Å². The molecule has 1 aliphatic carbocycles. The fourth-order valence-electron chi connectivity index (χ4n) is 3.28. The smallest absolute Gasteiger partial charge is 0.318 e. The third-order valence-electron chi connectivity index (χ3n) is 4.74. The van der Waals surface area contributed by atoms with Crippen LogP contribution in [0.4, 0.5) is 4.79 Å². The minimum absolute atomic E-state index is 0.0291.